The maximum absolute atomic E-state index is 10.3. The molecule has 1 aliphatic rings. The van der Waals surface area contributed by atoms with Gasteiger partial charge in [-0.25, -0.2) is 10.8 Å². The molecule has 7 heteroatoms. The first-order valence-corrected chi connectivity index (χ1v) is 7.52. The van der Waals surface area contributed by atoms with Gasteiger partial charge in [-0.15, -0.1) is 11.3 Å². The molecule has 3 heterocycles. The van der Waals surface area contributed by atoms with E-state index in [1.54, 1.807) is 11.3 Å². The van der Waals surface area contributed by atoms with Crippen LogP contribution in [-0.4, -0.2) is 33.8 Å². The van der Waals surface area contributed by atoms with Crippen LogP contribution < -0.4 is 16.2 Å². The van der Waals surface area contributed by atoms with E-state index >= 15 is 0 Å². The average Bonchev–Trinajstić information content (AvgIpc) is 2.76. The van der Waals surface area contributed by atoms with Gasteiger partial charge in [-0.1, -0.05) is 0 Å². The smallest absolute Gasteiger partial charge is 0.240 e. The molecule has 2 aromatic rings. The third kappa shape index (κ3) is 2.44. The zero-order valence-corrected chi connectivity index (χ0v) is 12.5. The minimum atomic E-state index is -0.670. The number of nitrogens with one attached hydrogen (secondary N) is 1. The highest BCUT2D eigenvalue weighted by molar-refractivity contribution is 7.18. The number of aromatic nitrogens is 2. The Labute approximate surface area is 121 Å². The number of hydrogen-bond acceptors (Lipinski definition) is 7. The first-order chi connectivity index (χ1) is 9.48. The SMILES string of the molecule is Cc1cc2c(N3CCCC(C)(O)C3)nc(NN)nc2s1. The van der Waals surface area contributed by atoms with E-state index in [-0.39, 0.29) is 0 Å². The number of fused-ring (bicyclic) bond motifs is 1. The van der Waals surface area contributed by atoms with Crippen LogP contribution in [0.25, 0.3) is 10.2 Å². The Balaban J connectivity index is 2.09. The largest absolute Gasteiger partial charge is 0.388 e. The van der Waals surface area contributed by atoms with Crippen molar-refractivity contribution in [3.63, 3.8) is 0 Å². The number of hydrazine groups is 1. The van der Waals surface area contributed by atoms with E-state index in [0.717, 1.165) is 35.4 Å². The highest BCUT2D eigenvalue weighted by Crippen LogP contribution is 2.34. The van der Waals surface area contributed by atoms with Crippen molar-refractivity contribution in [2.75, 3.05) is 23.4 Å². The van der Waals surface area contributed by atoms with E-state index in [1.165, 1.54) is 4.88 Å². The van der Waals surface area contributed by atoms with E-state index in [1.807, 2.05) is 6.92 Å². The molecule has 0 radical (unpaired) electrons. The minimum absolute atomic E-state index is 0.416. The van der Waals surface area contributed by atoms with Gasteiger partial charge in [0.1, 0.15) is 10.6 Å². The van der Waals surface area contributed by atoms with Gasteiger partial charge in [-0.3, -0.25) is 5.43 Å². The van der Waals surface area contributed by atoms with Crippen molar-refractivity contribution in [1.29, 1.82) is 0 Å². The fourth-order valence-corrected chi connectivity index (χ4v) is 3.61. The summed E-state index contributed by atoms with van der Waals surface area (Å²) in [5.41, 5.74) is 1.85. The van der Waals surface area contributed by atoms with E-state index in [4.69, 9.17) is 5.84 Å². The van der Waals surface area contributed by atoms with Crippen LogP contribution in [0.3, 0.4) is 0 Å². The summed E-state index contributed by atoms with van der Waals surface area (Å²) < 4.78 is 0. The van der Waals surface area contributed by atoms with Crippen molar-refractivity contribution in [2.45, 2.75) is 32.3 Å². The van der Waals surface area contributed by atoms with Gasteiger partial charge in [-0.2, -0.15) is 4.98 Å². The Morgan fingerprint density at radius 2 is 2.30 bits per heavy atom. The Morgan fingerprint density at radius 3 is 3.00 bits per heavy atom. The molecule has 0 bridgehead atoms. The summed E-state index contributed by atoms with van der Waals surface area (Å²) in [6.45, 7) is 5.40. The molecule has 1 saturated heterocycles. The number of aryl methyl sites for hydroxylation is 1. The molecule has 108 valence electrons. The third-order valence-electron chi connectivity index (χ3n) is 3.60. The number of nitrogen functional groups attached to an aromatic ring is 1. The summed E-state index contributed by atoms with van der Waals surface area (Å²) in [6.07, 6.45) is 1.77. The lowest BCUT2D eigenvalue weighted by molar-refractivity contribution is 0.0448. The van der Waals surface area contributed by atoms with E-state index in [2.05, 4.69) is 33.3 Å². The molecule has 1 atom stereocenters. The summed E-state index contributed by atoms with van der Waals surface area (Å²) >= 11 is 1.62. The molecule has 1 aliphatic heterocycles. The minimum Gasteiger partial charge on any atom is -0.388 e. The number of aliphatic hydroxyl groups is 1. The molecule has 0 amide bonds. The number of rotatable bonds is 2. The van der Waals surface area contributed by atoms with Crippen LogP contribution in [0.15, 0.2) is 6.07 Å². The summed E-state index contributed by atoms with van der Waals surface area (Å²) in [5.74, 6) is 6.73. The molecule has 3 rings (SSSR count). The van der Waals surface area contributed by atoms with Gasteiger partial charge in [0.05, 0.1) is 11.0 Å². The zero-order valence-electron chi connectivity index (χ0n) is 11.7. The Bertz CT molecular complexity index is 639. The van der Waals surface area contributed by atoms with Crippen LogP contribution in [0.2, 0.25) is 0 Å². The predicted octanol–water partition coefficient (Wildman–Crippen LogP) is 1.64. The van der Waals surface area contributed by atoms with Crippen LogP contribution in [0.5, 0.6) is 0 Å². The van der Waals surface area contributed by atoms with Crippen LogP contribution >= 0.6 is 11.3 Å². The summed E-state index contributed by atoms with van der Waals surface area (Å²) in [6, 6.07) is 2.10. The molecular weight excluding hydrogens is 274 g/mol. The fraction of sp³-hybridized carbons (Fsp3) is 0.538. The molecule has 20 heavy (non-hydrogen) atoms. The quantitative estimate of drug-likeness (QED) is 0.576. The van der Waals surface area contributed by atoms with Gasteiger partial charge >= 0.3 is 0 Å². The lowest BCUT2D eigenvalue weighted by atomic mass is 9.95. The number of β-amino-alcohol motifs (C(OH)–C–C–N with tert-alkyl or cyclic N) is 1. The molecule has 0 saturated carbocycles. The van der Waals surface area contributed by atoms with Crippen LogP contribution in [0.4, 0.5) is 11.8 Å². The average molecular weight is 293 g/mol. The first kappa shape index (κ1) is 13.5. The van der Waals surface area contributed by atoms with Gasteiger partial charge < -0.3 is 10.0 Å². The Kier molecular flexibility index (Phi) is 3.27. The highest BCUT2D eigenvalue weighted by Gasteiger charge is 2.30. The van der Waals surface area contributed by atoms with Crippen LogP contribution in [-0.2, 0) is 0 Å². The second kappa shape index (κ2) is 4.83. The number of nitrogens with two attached hydrogens (primary N) is 1. The van der Waals surface area contributed by atoms with Gasteiger partial charge in [0, 0.05) is 18.0 Å². The molecule has 0 aromatic carbocycles. The topological polar surface area (TPSA) is 87.3 Å². The fourth-order valence-electron chi connectivity index (χ4n) is 2.73. The van der Waals surface area contributed by atoms with Crippen molar-refractivity contribution >= 4 is 33.3 Å². The number of piperidine rings is 1. The van der Waals surface area contributed by atoms with Crippen LogP contribution in [0.1, 0.15) is 24.6 Å². The molecule has 2 aromatic heterocycles. The number of anilines is 2. The highest BCUT2D eigenvalue weighted by atomic mass is 32.1. The van der Waals surface area contributed by atoms with E-state index in [0.29, 0.717) is 12.5 Å². The van der Waals surface area contributed by atoms with Crippen molar-refractivity contribution < 1.29 is 5.11 Å². The molecule has 0 spiro atoms. The second-order valence-corrected chi connectivity index (χ2v) is 6.85. The zero-order chi connectivity index (χ0) is 14.3. The maximum atomic E-state index is 10.3. The predicted molar refractivity (Wildman–Crippen MR) is 82.0 cm³/mol. The van der Waals surface area contributed by atoms with Crippen molar-refractivity contribution in [1.82, 2.24) is 9.97 Å². The Hall–Kier alpha value is -1.44. The second-order valence-electron chi connectivity index (χ2n) is 5.61. The number of thiophene rings is 1. The van der Waals surface area contributed by atoms with Crippen molar-refractivity contribution in [3.05, 3.63) is 10.9 Å². The first-order valence-electron chi connectivity index (χ1n) is 6.71. The summed E-state index contributed by atoms with van der Waals surface area (Å²) in [5, 5.41) is 11.3. The maximum Gasteiger partial charge on any atom is 0.240 e. The number of hydrogen-bond donors (Lipinski definition) is 3. The molecular formula is C13H19N5OS. The van der Waals surface area contributed by atoms with Crippen LogP contribution in [0, 0.1) is 6.92 Å². The normalized spacial score (nSPS) is 23.3. The molecule has 1 fully saturated rings. The molecule has 1 unspecified atom stereocenters. The van der Waals surface area contributed by atoms with Gasteiger partial charge in [0.15, 0.2) is 0 Å². The molecule has 0 aliphatic carbocycles. The summed E-state index contributed by atoms with van der Waals surface area (Å²) in [4.78, 5) is 13.1. The molecule has 6 nitrogen and oxygen atoms in total. The summed E-state index contributed by atoms with van der Waals surface area (Å²) in [7, 11) is 0. The van der Waals surface area contributed by atoms with Crippen molar-refractivity contribution in [3.8, 4) is 0 Å². The van der Waals surface area contributed by atoms with Gasteiger partial charge in [0.2, 0.25) is 5.95 Å². The standard InChI is InChI=1S/C13H19N5OS/c1-8-6-9-10(15-12(17-14)16-11(9)20-8)18-5-3-4-13(2,19)7-18/h6,19H,3-5,7,14H2,1-2H3,(H,15,16,17). The lowest BCUT2D eigenvalue weighted by Gasteiger charge is -2.37. The van der Waals surface area contributed by atoms with Gasteiger partial charge in [-0.05, 0) is 32.8 Å². The monoisotopic (exact) mass is 293 g/mol. The van der Waals surface area contributed by atoms with E-state index in [9.17, 15) is 5.11 Å². The van der Waals surface area contributed by atoms with Crippen molar-refractivity contribution in [2.24, 2.45) is 5.84 Å². The third-order valence-corrected chi connectivity index (χ3v) is 4.54. The van der Waals surface area contributed by atoms with E-state index < -0.39 is 5.60 Å². The Morgan fingerprint density at radius 1 is 1.50 bits per heavy atom. The van der Waals surface area contributed by atoms with Gasteiger partial charge in [0.25, 0.3) is 0 Å². The number of nitrogens with zero attached hydrogens (tertiary/aromatic N) is 3. The lowest BCUT2D eigenvalue weighted by Crippen LogP contribution is -2.46. The molecule has 4 N–H and O–H groups in total.